The van der Waals surface area contributed by atoms with Gasteiger partial charge in [-0.2, -0.15) is 0 Å². The lowest BCUT2D eigenvalue weighted by Gasteiger charge is -2.06. The van der Waals surface area contributed by atoms with Gasteiger partial charge in [-0.1, -0.05) is 45.4 Å². The van der Waals surface area contributed by atoms with Gasteiger partial charge in [0.25, 0.3) is 5.56 Å². The molecule has 0 N–H and O–H groups in total. The van der Waals surface area contributed by atoms with Crippen molar-refractivity contribution >= 4 is 22.6 Å². The first-order valence-corrected chi connectivity index (χ1v) is 7.96. The van der Waals surface area contributed by atoms with Crippen molar-refractivity contribution in [3.63, 3.8) is 0 Å². The molecule has 4 heteroatoms. The van der Waals surface area contributed by atoms with Crippen LogP contribution in [0, 0.1) is 10.5 Å². The van der Waals surface area contributed by atoms with Gasteiger partial charge in [0, 0.05) is 6.54 Å². The molecule has 0 aliphatic heterocycles. The molecule has 18 heavy (non-hydrogen) atoms. The molecule has 0 fully saturated rings. The van der Waals surface area contributed by atoms with Crippen LogP contribution in [-0.4, -0.2) is 9.55 Å². The summed E-state index contributed by atoms with van der Waals surface area (Å²) in [5.74, 6) is 0. The third-order valence-electron chi connectivity index (χ3n) is 3.16. The summed E-state index contributed by atoms with van der Waals surface area (Å²) in [4.78, 5) is 16.1. The lowest BCUT2D eigenvalue weighted by Crippen LogP contribution is -2.24. The van der Waals surface area contributed by atoms with E-state index in [0.29, 0.717) is 0 Å². The number of hydrogen-bond donors (Lipinski definition) is 0. The van der Waals surface area contributed by atoms with Crippen molar-refractivity contribution in [2.45, 2.75) is 65.3 Å². The predicted molar refractivity (Wildman–Crippen MR) is 83.9 cm³/mol. The van der Waals surface area contributed by atoms with Crippen LogP contribution < -0.4 is 5.56 Å². The lowest BCUT2D eigenvalue weighted by atomic mass is 10.1. The van der Waals surface area contributed by atoms with Crippen LogP contribution in [0.4, 0.5) is 0 Å². The predicted octanol–water partition coefficient (Wildman–Crippen LogP) is 3.91. The largest absolute Gasteiger partial charge is 0.298 e. The van der Waals surface area contributed by atoms with Gasteiger partial charge in [0.2, 0.25) is 0 Å². The van der Waals surface area contributed by atoms with E-state index in [1.54, 1.807) is 10.9 Å². The van der Waals surface area contributed by atoms with Gasteiger partial charge in [0.1, 0.15) is 0 Å². The summed E-state index contributed by atoms with van der Waals surface area (Å²) in [5.41, 5.74) is 0.936. The maximum atomic E-state index is 11.9. The molecular formula is C14H23IN2O. The molecule has 0 saturated carbocycles. The van der Waals surface area contributed by atoms with Crippen molar-refractivity contribution in [3.8, 4) is 0 Å². The first-order valence-electron chi connectivity index (χ1n) is 6.88. The molecule has 0 atom stereocenters. The molecule has 1 aromatic heterocycles. The number of nitrogens with zero attached hydrogens (tertiary/aromatic N) is 2. The van der Waals surface area contributed by atoms with E-state index in [4.69, 9.17) is 0 Å². The van der Waals surface area contributed by atoms with Gasteiger partial charge in [-0.3, -0.25) is 9.36 Å². The molecule has 1 heterocycles. The lowest BCUT2D eigenvalue weighted by molar-refractivity contribution is 0.537. The fourth-order valence-electron chi connectivity index (χ4n) is 1.94. The molecule has 0 spiro atoms. The summed E-state index contributed by atoms with van der Waals surface area (Å²) in [5, 5.41) is 0. The molecule has 0 aliphatic rings. The highest BCUT2D eigenvalue weighted by Crippen LogP contribution is 2.08. The van der Waals surface area contributed by atoms with Crippen LogP contribution in [0.1, 0.15) is 57.6 Å². The number of aromatic nitrogens is 2. The highest BCUT2D eigenvalue weighted by molar-refractivity contribution is 14.1. The molecule has 0 aromatic carbocycles. The summed E-state index contributed by atoms with van der Waals surface area (Å²) in [7, 11) is 0. The molecular weight excluding hydrogens is 339 g/mol. The summed E-state index contributed by atoms with van der Waals surface area (Å²) < 4.78 is 2.49. The summed E-state index contributed by atoms with van der Waals surface area (Å²) in [6.45, 7) is 4.91. The Bertz CT molecular complexity index is 415. The Morgan fingerprint density at radius 1 is 1.17 bits per heavy atom. The molecule has 3 nitrogen and oxygen atoms in total. The van der Waals surface area contributed by atoms with Crippen molar-refractivity contribution in [2.24, 2.45) is 0 Å². The zero-order valence-corrected chi connectivity index (χ0v) is 13.6. The number of hydrogen-bond acceptors (Lipinski definition) is 2. The molecule has 0 aliphatic carbocycles. The monoisotopic (exact) mass is 362 g/mol. The van der Waals surface area contributed by atoms with Gasteiger partial charge >= 0.3 is 0 Å². The fourth-order valence-corrected chi connectivity index (χ4v) is 2.39. The van der Waals surface area contributed by atoms with Gasteiger partial charge in [0.05, 0.1) is 15.6 Å². The third kappa shape index (κ3) is 5.08. The zero-order valence-electron chi connectivity index (χ0n) is 11.4. The number of halogens is 1. The van der Waals surface area contributed by atoms with Gasteiger partial charge in [-0.25, -0.2) is 4.98 Å². The highest BCUT2D eigenvalue weighted by atomic mass is 127. The third-order valence-corrected chi connectivity index (χ3v) is 4.40. The molecule has 0 unspecified atom stereocenters. The van der Waals surface area contributed by atoms with Crippen molar-refractivity contribution < 1.29 is 0 Å². The minimum absolute atomic E-state index is 0.106. The number of aryl methyl sites for hydroxylation is 2. The van der Waals surface area contributed by atoms with Crippen molar-refractivity contribution in [1.29, 1.82) is 0 Å². The molecule has 1 rings (SSSR count). The molecule has 102 valence electrons. The topological polar surface area (TPSA) is 34.9 Å². The maximum absolute atomic E-state index is 11.9. The summed E-state index contributed by atoms with van der Waals surface area (Å²) in [6.07, 6.45) is 10.6. The van der Waals surface area contributed by atoms with Gasteiger partial charge in [-0.15, -0.1) is 0 Å². The average Bonchev–Trinajstić information content (AvgIpc) is 2.37. The van der Waals surface area contributed by atoms with Crippen LogP contribution in [-0.2, 0) is 6.54 Å². The Morgan fingerprint density at radius 2 is 1.78 bits per heavy atom. The average molecular weight is 362 g/mol. The summed E-state index contributed by atoms with van der Waals surface area (Å²) >= 11 is 2.08. The van der Waals surface area contributed by atoms with E-state index in [1.807, 2.05) is 6.92 Å². The van der Waals surface area contributed by atoms with Crippen LogP contribution >= 0.6 is 22.6 Å². The molecule has 0 amide bonds. The molecule has 0 bridgehead atoms. The first-order chi connectivity index (χ1) is 8.66. The Kier molecular flexibility index (Phi) is 7.54. The Hall–Kier alpha value is -0.390. The Balaban J connectivity index is 2.28. The second kappa shape index (κ2) is 8.67. The smallest absolute Gasteiger partial charge is 0.266 e. The van der Waals surface area contributed by atoms with E-state index in [1.165, 1.54) is 38.5 Å². The van der Waals surface area contributed by atoms with Crippen molar-refractivity contribution in [3.05, 3.63) is 25.9 Å². The van der Waals surface area contributed by atoms with E-state index in [2.05, 4.69) is 34.5 Å². The first kappa shape index (κ1) is 15.7. The van der Waals surface area contributed by atoms with E-state index in [0.717, 1.165) is 22.2 Å². The normalized spacial score (nSPS) is 10.8. The van der Waals surface area contributed by atoms with Crippen LogP contribution in [0.3, 0.4) is 0 Å². The SMILES string of the molecule is CCCCCCCCCn1cnc(C)c(I)c1=O. The van der Waals surface area contributed by atoms with Crippen molar-refractivity contribution in [2.75, 3.05) is 0 Å². The second-order valence-corrected chi connectivity index (χ2v) is 5.84. The van der Waals surface area contributed by atoms with Crippen LogP contribution in [0.2, 0.25) is 0 Å². The summed E-state index contributed by atoms with van der Waals surface area (Å²) in [6, 6.07) is 0. The number of rotatable bonds is 8. The van der Waals surface area contributed by atoms with E-state index < -0.39 is 0 Å². The van der Waals surface area contributed by atoms with E-state index in [-0.39, 0.29) is 5.56 Å². The standard InChI is InChI=1S/C14H23IN2O/c1-3-4-5-6-7-8-9-10-17-11-16-12(2)13(15)14(17)18/h11H,3-10H2,1-2H3. The second-order valence-electron chi connectivity index (χ2n) is 4.76. The fraction of sp³-hybridized carbons (Fsp3) is 0.714. The van der Waals surface area contributed by atoms with Gasteiger partial charge < -0.3 is 0 Å². The Morgan fingerprint density at radius 3 is 2.44 bits per heavy atom. The minimum atomic E-state index is 0.106. The van der Waals surface area contributed by atoms with Crippen LogP contribution in [0.5, 0.6) is 0 Å². The van der Waals surface area contributed by atoms with E-state index >= 15 is 0 Å². The zero-order chi connectivity index (χ0) is 13.4. The van der Waals surface area contributed by atoms with Gasteiger partial charge in [0.15, 0.2) is 0 Å². The number of unbranched alkanes of at least 4 members (excludes halogenated alkanes) is 6. The minimum Gasteiger partial charge on any atom is -0.298 e. The molecule has 0 saturated heterocycles. The molecule has 1 aromatic rings. The van der Waals surface area contributed by atoms with Crippen molar-refractivity contribution in [1.82, 2.24) is 9.55 Å². The Labute approximate surface area is 123 Å². The maximum Gasteiger partial charge on any atom is 0.266 e. The van der Waals surface area contributed by atoms with E-state index in [9.17, 15) is 4.79 Å². The van der Waals surface area contributed by atoms with Crippen LogP contribution in [0.15, 0.2) is 11.1 Å². The quantitative estimate of drug-likeness (QED) is 0.519. The highest BCUT2D eigenvalue weighted by Gasteiger charge is 2.04. The van der Waals surface area contributed by atoms with Crippen LogP contribution in [0.25, 0.3) is 0 Å². The molecule has 0 radical (unpaired) electrons. The van der Waals surface area contributed by atoms with Gasteiger partial charge in [-0.05, 0) is 35.9 Å².